The monoisotopic (exact) mass is 307 g/mol. The molecule has 1 aromatic rings. The molecule has 0 saturated heterocycles. The Morgan fingerprint density at radius 3 is 2.59 bits per heavy atom. The van der Waals surface area contributed by atoms with Gasteiger partial charge in [-0.05, 0) is 45.7 Å². The molecular formula is C17H29N3O2. The highest BCUT2D eigenvalue weighted by Crippen LogP contribution is 2.10. The van der Waals surface area contributed by atoms with Gasteiger partial charge in [0, 0.05) is 32.4 Å². The molecule has 1 heterocycles. The summed E-state index contributed by atoms with van der Waals surface area (Å²) >= 11 is 0. The van der Waals surface area contributed by atoms with Gasteiger partial charge in [0.1, 0.15) is 5.60 Å². The van der Waals surface area contributed by atoms with Crippen molar-refractivity contribution in [2.24, 2.45) is 0 Å². The van der Waals surface area contributed by atoms with Gasteiger partial charge in [-0.25, -0.2) is 4.79 Å². The first-order valence-corrected chi connectivity index (χ1v) is 7.92. The van der Waals surface area contributed by atoms with Crippen LogP contribution in [0.4, 0.5) is 4.79 Å². The molecule has 1 N–H and O–H groups in total. The summed E-state index contributed by atoms with van der Waals surface area (Å²) in [7, 11) is 0. The van der Waals surface area contributed by atoms with Crippen molar-refractivity contribution in [3.8, 4) is 0 Å². The fourth-order valence-corrected chi connectivity index (χ4v) is 1.92. The van der Waals surface area contributed by atoms with Gasteiger partial charge in [-0.1, -0.05) is 13.0 Å². The summed E-state index contributed by atoms with van der Waals surface area (Å²) in [5.74, 6) is 0. The Morgan fingerprint density at radius 2 is 2.05 bits per heavy atom. The molecule has 1 rings (SSSR count). The number of amides is 1. The van der Waals surface area contributed by atoms with Crippen LogP contribution in [0.25, 0.3) is 0 Å². The normalized spacial score (nSPS) is 11.3. The van der Waals surface area contributed by atoms with Crippen molar-refractivity contribution in [2.45, 2.75) is 53.2 Å². The summed E-state index contributed by atoms with van der Waals surface area (Å²) in [5, 5.41) is 3.32. The summed E-state index contributed by atoms with van der Waals surface area (Å²) in [5.41, 5.74) is 1.70. The van der Waals surface area contributed by atoms with Gasteiger partial charge in [0.15, 0.2) is 0 Å². The predicted molar refractivity (Wildman–Crippen MR) is 88.8 cm³/mol. The van der Waals surface area contributed by atoms with E-state index < -0.39 is 5.60 Å². The lowest BCUT2D eigenvalue weighted by Gasteiger charge is -2.27. The molecule has 0 aromatic carbocycles. The molecule has 0 aliphatic rings. The van der Waals surface area contributed by atoms with Gasteiger partial charge < -0.3 is 15.0 Å². The number of carbonyl (C=O) groups excluding carboxylic acids is 1. The first-order chi connectivity index (χ1) is 10.3. The molecule has 22 heavy (non-hydrogen) atoms. The molecule has 0 spiro atoms. The molecule has 0 atom stereocenters. The predicted octanol–water partition coefficient (Wildman–Crippen LogP) is 3.13. The maximum absolute atomic E-state index is 12.1. The largest absolute Gasteiger partial charge is 0.444 e. The zero-order valence-electron chi connectivity index (χ0n) is 14.5. The van der Waals surface area contributed by atoms with Gasteiger partial charge in [-0.3, -0.25) is 4.98 Å². The van der Waals surface area contributed by atoms with Gasteiger partial charge >= 0.3 is 6.09 Å². The van der Waals surface area contributed by atoms with E-state index in [-0.39, 0.29) is 6.09 Å². The number of ether oxygens (including phenoxy) is 1. The van der Waals surface area contributed by atoms with E-state index >= 15 is 0 Å². The summed E-state index contributed by atoms with van der Waals surface area (Å²) in [4.78, 5) is 18.2. The van der Waals surface area contributed by atoms with E-state index in [0.717, 1.165) is 24.2 Å². The number of rotatable bonds is 7. The van der Waals surface area contributed by atoms with Gasteiger partial charge in [0.05, 0.1) is 5.69 Å². The first-order valence-electron chi connectivity index (χ1n) is 7.92. The number of carbonyl (C=O) groups is 1. The zero-order valence-corrected chi connectivity index (χ0v) is 14.5. The summed E-state index contributed by atoms with van der Waals surface area (Å²) in [6.45, 7) is 12.5. The minimum atomic E-state index is -0.456. The molecule has 0 saturated carbocycles. The molecule has 124 valence electrons. The quantitative estimate of drug-likeness (QED) is 0.786. The zero-order chi connectivity index (χ0) is 16.6. The standard InChI is InChI=1S/C17H29N3O2/c1-6-10-20(16(21)22-17(3,4)5)11-9-18-13-15-8-7-14(2)12-19-15/h7-8,12,18H,6,9-11,13H2,1-5H3. The summed E-state index contributed by atoms with van der Waals surface area (Å²) in [6.07, 6.45) is 2.53. The third-order valence-corrected chi connectivity index (χ3v) is 2.98. The summed E-state index contributed by atoms with van der Waals surface area (Å²) in [6, 6.07) is 4.06. The Kier molecular flexibility index (Phi) is 7.32. The van der Waals surface area contributed by atoms with Crippen LogP contribution in [0, 0.1) is 6.92 Å². The lowest BCUT2D eigenvalue weighted by Crippen LogP contribution is -2.40. The lowest BCUT2D eigenvalue weighted by molar-refractivity contribution is 0.0252. The van der Waals surface area contributed by atoms with Crippen LogP contribution in [-0.2, 0) is 11.3 Å². The van der Waals surface area contributed by atoms with E-state index in [1.807, 2.05) is 46.0 Å². The van der Waals surface area contributed by atoms with Gasteiger partial charge in [0.2, 0.25) is 0 Å². The van der Waals surface area contributed by atoms with Gasteiger partial charge in [-0.2, -0.15) is 0 Å². The molecule has 0 aliphatic heterocycles. The number of aryl methyl sites for hydroxylation is 1. The fourth-order valence-electron chi connectivity index (χ4n) is 1.92. The second kappa shape index (κ2) is 8.73. The Balaban J connectivity index is 2.37. The van der Waals surface area contributed by atoms with Crippen LogP contribution in [0.3, 0.4) is 0 Å². The summed E-state index contributed by atoms with van der Waals surface area (Å²) < 4.78 is 5.43. The van der Waals surface area contributed by atoms with E-state index in [0.29, 0.717) is 19.6 Å². The van der Waals surface area contributed by atoms with E-state index in [2.05, 4.69) is 17.2 Å². The second-order valence-corrected chi connectivity index (χ2v) is 6.47. The number of nitrogens with zero attached hydrogens (tertiary/aromatic N) is 2. The van der Waals surface area contributed by atoms with Crippen molar-refractivity contribution in [3.63, 3.8) is 0 Å². The van der Waals surface area contributed by atoms with Crippen LogP contribution in [0.5, 0.6) is 0 Å². The van der Waals surface area contributed by atoms with Crippen molar-refractivity contribution in [1.82, 2.24) is 15.2 Å². The minimum absolute atomic E-state index is 0.246. The molecule has 1 aromatic heterocycles. The van der Waals surface area contributed by atoms with Gasteiger partial charge in [0.25, 0.3) is 0 Å². The first kappa shape index (κ1) is 18.4. The molecule has 0 aliphatic carbocycles. The van der Waals surface area contributed by atoms with E-state index in [4.69, 9.17) is 4.74 Å². The molecule has 0 fully saturated rings. The highest BCUT2D eigenvalue weighted by atomic mass is 16.6. The maximum atomic E-state index is 12.1. The molecule has 5 nitrogen and oxygen atoms in total. The molecule has 0 unspecified atom stereocenters. The average molecular weight is 307 g/mol. The van der Waals surface area contributed by atoms with Crippen molar-refractivity contribution in [2.75, 3.05) is 19.6 Å². The van der Waals surface area contributed by atoms with Crippen molar-refractivity contribution < 1.29 is 9.53 Å². The molecule has 0 bridgehead atoms. The molecule has 5 heteroatoms. The fraction of sp³-hybridized carbons (Fsp3) is 0.647. The van der Waals surface area contributed by atoms with E-state index in [1.165, 1.54) is 0 Å². The smallest absolute Gasteiger partial charge is 0.410 e. The van der Waals surface area contributed by atoms with Crippen molar-refractivity contribution in [3.05, 3.63) is 29.6 Å². The molecule has 1 amide bonds. The topological polar surface area (TPSA) is 54.5 Å². The van der Waals surface area contributed by atoms with E-state index in [1.54, 1.807) is 4.90 Å². The van der Waals surface area contributed by atoms with Gasteiger partial charge in [-0.15, -0.1) is 0 Å². The molecular weight excluding hydrogens is 278 g/mol. The minimum Gasteiger partial charge on any atom is -0.444 e. The number of nitrogens with one attached hydrogen (secondary N) is 1. The Morgan fingerprint density at radius 1 is 1.32 bits per heavy atom. The Bertz CT molecular complexity index is 452. The van der Waals surface area contributed by atoms with Crippen LogP contribution >= 0.6 is 0 Å². The average Bonchev–Trinajstić information content (AvgIpc) is 2.42. The number of hydrogen-bond donors (Lipinski definition) is 1. The highest BCUT2D eigenvalue weighted by molar-refractivity contribution is 5.68. The van der Waals surface area contributed by atoms with Crippen molar-refractivity contribution >= 4 is 6.09 Å². The highest BCUT2D eigenvalue weighted by Gasteiger charge is 2.21. The lowest BCUT2D eigenvalue weighted by atomic mass is 10.2. The Hall–Kier alpha value is -1.62. The number of aromatic nitrogens is 1. The Labute approximate surface area is 134 Å². The van der Waals surface area contributed by atoms with Crippen LogP contribution in [0.2, 0.25) is 0 Å². The SMILES string of the molecule is CCCN(CCNCc1ccc(C)cn1)C(=O)OC(C)(C)C. The number of pyridine rings is 1. The van der Waals surface area contributed by atoms with Crippen LogP contribution < -0.4 is 5.32 Å². The van der Waals surface area contributed by atoms with Crippen LogP contribution in [-0.4, -0.2) is 41.2 Å². The maximum Gasteiger partial charge on any atom is 0.410 e. The number of hydrogen-bond acceptors (Lipinski definition) is 4. The van der Waals surface area contributed by atoms with Crippen LogP contribution in [0.1, 0.15) is 45.4 Å². The van der Waals surface area contributed by atoms with E-state index in [9.17, 15) is 4.79 Å². The van der Waals surface area contributed by atoms with Crippen molar-refractivity contribution in [1.29, 1.82) is 0 Å². The molecule has 0 radical (unpaired) electrons. The third-order valence-electron chi connectivity index (χ3n) is 2.98. The second-order valence-electron chi connectivity index (χ2n) is 6.47. The van der Waals surface area contributed by atoms with Crippen LogP contribution in [0.15, 0.2) is 18.3 Å². The third kappa shape index (κ3) is 7.41.